The maximum Gasteiger partial charge on any atom is 0.248 e. The fourth-order valence-corrected chi connectivity index (χ4v) is 5.77. The molecule has 4 aromatic rings. The van der Waals surface area contributed by atoms with E-state index >= 15 is 0 Å². The number of fused-ring (bicyclic) bond motifs is 1. The van der Waals surface area contributed by atoms with Gasteiger partial charge in [-0.05, 0) is 66.8 Å². The maximum absolute atomic E-state index is 13.3. The lowest BCUT2D eigenvalue weighted by molar-refractivity contribution is -0.111. The van der Waals surface area contributed by atoms with Crippen molar-refractivity contribution in [3.8, 4) is 11.8 Å². The molecule has 11 nitrogen and oxygen atoms in total. The molecule has 5 rings (SSSR count). The summed E-state index contributed by atoms with van der Waals surface area (Å²) in [5.74, 6) is 0.584. The lowest BCUT2D eigenvalue weighted by Crippen LogP contribution is -2.31. The van der Waals surface area contributed by atoms with E-state index in [0.717, 1.165) is 43.8 Å². The first-order chi connectivity index (χ1) is 24.0. The third-order valence-electron chi connectivity index (χ3n) is 8.16. The van der Waals surface area contributed by atoms with Gasteiger partial charge in [0, 0.05) is 82.3 Å². The van der Waals surface area contributed by atoms with Crippen molar-refractivity contribution in [2.24, 2.45) is 5.92 Å². The number of aromatic nitrogens is 2. The van der Waals surface area contributed by atoms with Gasteiger partial charge in [0.2, 0.25) is 5.91 Å². The largest absolute Gasteiger partial charge is 0.486 e. The second-order valence-electron chi connectivity index (χ2n) is 11.7. The van der Waals surface area contributed by atoms with Crippen molar-refractivity contribution in [3.63, 3.8) is 0 Å². The van der Waals surface area contributed by atoms with Crippen LogP contribution in [0.2, 0.25) is 5.02 Å². The quantitative estimate of drug-likeness (QED) is 0.125. The Morgan fingerprint density at radius 2 is 1.98 bits per heavy atom. The van der Waals surface area contributed by atoms with Crippen molar-refractivity contribution in [1.82, 2.24) is 14.9 Å². The zero-order valence-corrected chi connectivity index (χ0v) is 28.5. The molecule has 0 spiro atoms. The molecule has 49 heavy (non-hydrogen) atoms. The van der Waals surface area contributed by atoms with Crippen LogP contribution >= 0.6 is 11.6 Å². The van der Waals surface area contributed by atoms with Crippen molar-refractivity contribution < 1.29 is 23.7 Å². The number of nitrogens with one attached hydrogen (secondary N) is 2. The average molecular weight is 685 g/mol. The van der Waals surface area contributed by atoms with Crippen molar-refractivity contribution in [2.75, 3.05) is 70.9 Å². The molecular formula is C37H41ClN6O5. The fraction of sp³-hybridized carbons (Fsp3) is 0.351. The van der Waals surface area contributed by atoms with E-state index in [0.29, 0.717) is 76.6 Å². The second kappa shape index (κ2) is 18.3. The number of anilines is 3. The van der Waals surface area contributed by atoms with Gasteiger partial charge >= 0.3 is 0 Å². The Morgan fingerprint density at radius 3 is 2.67 bits per heavy atom. The molecule has 256 valence electrons. The number of halogens is 1. The minimum atomic E-state index is -0.256. The predicted octanol–water partition coefficient (Wildman–Crippen LogP) is 6.15. The fourth-order valence-electron chi connectivity index (χ4n) is 5.54. The summed E-state index contributed by atoms with van der Waals surface area (Å²) in [6.07, 6.45) is 8.31. The van der Waals surface area contributed by atoms with Crippen LogP contribution in [0.4, 0.5) is 17.1 Å². The molecule has 0 saturated carbocycles. The molecule has 1 aliphatic heterocycles. The minimum absolute atomic E-state index is 0.256. The van der Waals surface area contributed by atoms with Crippen LogP contribution in [0.5, 0.6) is 5.75 Å². The number of methoxy groups -OCH3 is 2. The lowest BCUT2D eigenvalue weighted by Gasteiger charge is -2.19. The number of hydrogen-bond acceptors (Lipinski definition) is 10. The first-order valence-corrected chi connectivity index (χ1v) is 16.6. The van der Waals surface area contributed by atoms with Crippen LogP contribution in [0.3, 0.4) is 0 Å². The first-order valence-electron chi connectivity index (χ1n) is 16.2. The number of hydrogen-bond donors (Lipinski definition) is 2. The number of rotatable bonds is 17. The molecule has 1 aliphatic rings. The Hall–Kier alpha value is -4.57. The van der Waals surface area contributed by atoms with Crippen LogP contribution in [0.25, 0.3) is 10.9 Å². The van der Waals surface area contributed by atoms with Gasteiger partial charge in [-0.1, -0.05) is 23.7 Å². The second-order valence-corrected chi connectivity index (χ2v) is 12.1. The molecule has 2 aromatic carbocycles. The highest BCUT2D eigenvalue weighted by molar-refractivity contribution is 6.32. The Kier molecular flexibility index (Phi) is 13.3. The van der Waals surface area contributed by atoms with E-state index < -0.39 is 0 Å². The smallest absolute Gasteiger partial charge is 0.248 e. The van der Waals surface area contributed by atoms with Gasteiger partial charge in [-0.15, -0.1) is 0 Å². The van der Waals surface area contributed by atoms with Crippen LogP contribution in [0.15, 0.2) is 73.1 Å². The topological polar surface area (TPSA) is 131 Å². The summed E-state index contributed by atoms with van der Waals surface area (Å²) in [4.78, 5) is 24.3. The third kappa shape index (κ3) is 10.2. The summed E-state index contributed by atoms with van der Waals surface area (Å²) in [5.41, 5.74) is 4.64. The standard InChI is InChI=1S/C37H41ClN6O5/c1-46-16-13-44(14-17-47-2)12-5-7-36(45)43-33-21-31-34(19-27(33)18-26-10-15-48-24-26)41-23-28(22-39)37(31)42-29-8-9-35(32(38)20-29)49-25-30-6-3-4-11-40-30/h3-9,11,19-21,23,26H,10,12-18,24-25H2,1-2H3,(H,41,42)(H,43,45)/b7-5+/t26-/m1/s1. The summed E-state index contributed by atoms with van der Waals surface area (Å²) in [6.45, 7) is 4.85. The zero-order valence-electron chi connectivity index (χ0n) is 27.8. The predicted molar refractivity (Wildman–Crippen MR) is 190 cm³/mol. The monoisotopic (exact) mass is 684 g/mol. The molecule has 0 aliphatic carbocycles. The molecule has 0 bridgehead atoms. The molecule has 12 heteroatoms. The molecule has 1 atom stereocenters. The van der Waals surface area contributed by atoms with E-state index in [4.69, 9.17) is 30.5 Å². The van der Waals surface area contributed by atoms with Crippen molar-refractivity contribution in [1.29, 1.82) is 5.26 Å². The number of carbonyl (C=O) groups excluding carboxylic acids is 1. The molecule has 3 heterocycles. The molecule has 1 fully saturated rings. The van der Waals surface area contributed by atoms with E-state index in [1.807, 2.05) is 42.5 Å². The van der Waals surface area contributed by atoms with Crippen LogP contribution in [0.1, 0.15) is 23.2 Å². The van der Waals surface area contributed by atoms with Gasteiger partial charge in [-0.3, -0.25) is 19.7 Å². The minimum Gasteiger partial charge on any atom is -0.486 e. The van der Waals surface area contributed by atoms with E-state index in [1.54, 1.807) is 44.8 Å². The third-order valence-corrected chi connectivity index (χ3v) is 8.46. The van der Waals surface area contributed by atoms with Gasteiger partial charge in [0.15, 0.2) is 0 Å². The van der Waals surface area contributed by atoms with E-state index in [-0.39, 0.29) is 12.5 Å². The normalized spacial score (nSPS) is 14.4. The van der Waals surface area contributed by atoms with Gasteiger partial charge in [0.05, 0.1) is 40.7 Å². The van der Waals surface area contributed by atoms with Gasteiger partial charge in [-0.2, -0.15) is 5.26 Å². The average Bonchev–Trinajstić information content (AvgIpc) is 3.63. The molecule has 0 unspecified atom stereocenters. The van der Waals surface area contributed by atoms with E-state index in [1.165, 1.54) is 0 Å². The first kappa shape index (κ1) is 35.7. The molecule has 2 aromatic heterocycles. The molecule has 1 saturated heterocycles. The molecule has 2 N–H and O–H groups in total. The highest BCUT2D eigenvalue weighted by Gasteiger charge is 2.21. The Bertz CT molecular complexity index is 1770. The Morgan fingerprint density at radius 1 is 1.14 bits per heavy atom. The lowest BCUT2D eigenvalue weighted by atomic mass is 9.95. The summed E-state index contributed by atoms with van der Waals surface area (Å²) < 4.78 is 22.0. The molecule has 0 radical (unpaired) electrons. The van der Waals surface area contributed by atoms with Gasteiger partial charge in [0.25, 0.3) is 0 Å². The number of nitrogens with zero attached hydrogens (tertiary/aromatic N) is 4. The number of ether oxygens (including phenoxy) is 4. The van der Waals surface area contributed by atoms with Crippen molar-refractivity contribution in [3.05, 3.63) is 94.9 Å². The number of carbonyl (C=O) groups is 1. The van der Waals surface area contributed by atoms with Crippen LogP contribution in [-0.4, -0.2) is 81.1 Å². The summed E-state index contributed by atoms with van der Waals surface area (Å²) >= 11 is 6.61. The summed E-state index contributed by atoms with van der Waals surface area (Å²) in [7, 11) is 3.33. The van der Waals surface area contributed by atoms with E-state index in [9.17, 15) is 10.1 Å². The number of amides is 1. The van der Waals surface area contributed by atoms with Crippen molar-refractivity contribution in [2.45, 2.75) is 19.4 Å². The Labute approximate surface area is 291 Å². The van der Waals surface area contributed by atoms with Crippen LogP contribution < -0.4 is 15.4 Å². The maximum atomic E-state index is 13.3. The number of pyridine rings is 2. The Balaban J connectivity index is 1.40. The molecule has 1 amide bonds. The van der Waals surface area contributed by atoms with Crippen LogP contribution in [0, 0.1) is 17.2 Å². The van der Waals surface area contributed by atoms with Gasteiger partial charge in [-0.25, -0.2) is 0 Å². The summed E-state index contributed by atoms with van der Waals surface area (Å²) in [5, 5.41) is 17.6. The SMILES string of the molecule is COCCN(C/C=C/C(=O)Nc1cc2c(Nc3ccc(OCc4ccccn4)c(Cl)c3)c(C#N)cnc2cc1C[C@H]1CCOC1)CCOC. The molecular weight excluding hydrogens is 644 g/mol. The number of benzene rings is 2. The van der Waals surface area contributed by atoms with E-state index in [2.05, 4.69) is 31.6 Å². The highest BCUT2D eigenvalue weighted by atomic mass is 35.5. The van der Waals surface area contributed by atoms with Gasteiger partial charge < -0.3 is 29.6 Å². The highest BCUT2D eigenvalue weighted by Crippen LogP contribution is 2.36. The number of nitriles is 1. The summed E-state index contributed by atoms with van der Waals surface area (Å²) in [6, 6.07) is 17.1. The van der Waals surface area contributed by atoms with Gasteiger partial charge in [0.1, 0.15) is 18.4 Å². The zero-order chi connectivity index (χ0) is 34.4. The van der Waals surface area contributed by atoms with Crippen LogP contribution in [-0.2, 0) is 32.0 Å². The van der Waals surface area contributed by atoms with Crippen molar-refractivity contribution >= 4 is 45.5 Å².